The summed E-state index contributed by atoms with van der Waals surface area (Å²) < 4.78 is 0. The minimum atomic E-state index is 0.462. The Labute approximate surface area is 107 Å². The van der Waals surface area contributed by atoms with E-state index in [0.29, 0.717) is 5.41 Å². The molecule has 2 N–H and O–H groups in total. The fourth-order valence-corrected chi connectivity index (χ4v) is 4.00. The smallest absolute Gasteiger partial charge is 0.00471 e. The van der Waals surface area contributed by atoms with Crippen LogP contribution in [0.15, 0.2) is 0 Å². The molecule has 2 aliphatic carbocycles. The lowest BCUT2D eigenvalue weighted by atomic mass is 9.84. The lowest BCUT2D eigenvalue weighted by Crippen LogP contribution is -2.41. The molecule has 2 rings (SSSR count). The summed E-state index contributed by atoms with van der Waals surface area (Å²) in [5, 5.41) is 0. The van der Waals surface area contributed by atoms with Gasteiger partial charge < -0.3 is 10.6 Å². The minimum Gasteiger partial charge on any atom is -0.330 e. The number of rotatable bonds is 5. The Bertz CT molecular complexity index is 215. The van der Waals surface area contributed by atoms with E-state index in [2.05, 4.69) is 11.9 Å². The van der Waals surface area contributed by atoms with Gasteiger partial charge in [-0.3, -0.25) is 0 Å². The molecule has 2 fully saturated rings. The summed E-state index contributed by atoms with van der Waals surface area (Å²) in [4.78, 5) is 2.58. The molecule has 0 heterocycles. The van der Waals surface area contributed by atoms with Crippen molar-refractivity contribution in [2.45, 2.75) is 57.8 Å². The molecule has 2 nitrogen and oxygen atoms in total. The Kier molecular flexibility index (Phi) is 4.87. The van der Waals surface area contributed by atoms with Crippen molar-refractivity contribution in [1.29, 1.82) is 0 Å². The van der Waals surface area contributed by atoms with Crippen LogP contribution in [0.5, 0.6) is 0 Å². The van der Waals surface area contributed by atoms with E-state index < -0.39 is 0 Å². The molecular formula is C15H30N2. The van der Waals surface area contributed by atoms with E-state index in [1.807, 2.05) is 0 Å². The molecule has 0 spiro atoms. The number of nitrogens with zero attached hydrogens (tertiary/aromatic N) is 1. The number of hydrogen-bond donors (Lipinski definition) is 1. The fourth-order valence-electron chi connectivity index (χ4n) is 4.00. The Hall–Kier alpha value is -0.0800. The lowest BCUT2D eigenvalue weighted by molar-refractivity contribution is 0.153. The maximum Gasteiger partial charge on any atom is 0.00471 e. The number of nitrogens with two attached hydrogens (primary N) is 1. The van der Waals surface area contributed by atoms with Gasteiger partial charge in [-0.15, -0.1) is 0 Å². The molecule has 0 atom stereocenters. The van der Waals surface area contributed by atoms with E-state index in [0.717, 1.165) is 12.5 Å². The van der Waals surface area contributed by atoms with Crippen LogP contribution in [-0.4, -0.2) is 31.6 Å². The zero-order valence-corrected chi connectivity index (χ0v) is 11.6. The van der Waals surface area contributed by atoms with E-state index in [1.165, 1.54) is 70.9 Å². The van der Waals surface area contributed by atoms with Gasteiger partial charge in [-0.2, -0.15) is 0 Å². The van der Waals surface area contributed by atoms with E-state index in [4.69, 9.17) is 5.73 Å². The quantitative estimate of drug-likeness (QED) is 0.798. The van der Waals surface area contributed by atoms with Crippen LogP contribution in [0.3, 0.4) is 0 Å². The third-order valence-corrected chi connectivity index (χ3v) is 5.00. The average Bonchev–Trinajstić information content (AvgIpc) is 2.79. The summed E-state index contributed by atoms with van der Waals surface area (Å²) >= 11 is 0. The van der Waals surface area contributed by atoms with Crippen LogP contribution in [-0.2, 0) is 0 Å². The summed E-state index contributed by atoms with van der Waals surface area (Å²) in [7, 11) is 2.31. The molecule has 100 valence electrons. The first-order chi connectivity index (χ1) is 8.24. The summed E-state index contributed by atoms with van der Waals surface area (Å²) in [6, 6.07) is 0. The molecule has 0 unspecified atom stereocenters. The van der Waals surface area contributed by atoms with Crippen molar-refractivity contribution in [3.05, 3.63) is 0 Å². The first-order valence-corrected chi connectivity index (χ1v) is 7.63. The molecular weight excluding hydrogens is 208 g/mol. The first-order valence-electron chi connectivity index (χ1n) is 7.63. The van der Waals surface area contributed by atoms with Gasteiger partial charge in [0.05, 0.1) is 0 Å². The average molecular weight is 238 g/mol. The van der Waals surface area contributed by atoms with Crippen molar-refractivity contribution in [3.63, 3.8) is 0 Å². The van der Waals surface area contributed by atoms with Gasteiger partial charge in [0.1, 0.15) is 0 Å². The van der Waals surface area contributed by atoms with Crippen LogP contribution in [0.4, 0.5) is 0 Å². The van der Waals surface area contributed by atoms with Crippen LogP contribution in [0, 0.1) is 11.3 Å². The minimum absolute atomic E-state index is 0.462. The largest absolute Gasteiger partial charge is 0.330 e. The third kappa shape index (κ3) is 3.69. The molecule has 0 radical (unpaired) electrons. The first kappa shape index (κ1) is 13.4. The van der Waals surface area contributed by atoms with Gasteiger partial charge in [-0.05, 0) is 50.6 Å². The SMILES string of the molecule is CN(CC1CCCCC1)CC1(CN)CCCC1. The summed E-state index contributed by atoms with van der Waals surface area (Å²) in [5.41, 5.74) is 6.49. The van der Waals surface area contributed by atoms with Gasteiger partial charge in [0.15, 0.2) is 0 Å². The zero-order valence-electron chi connectivity index (χ0n) is 11.6. The molecule has 0 aliphatic heterocycles. The molecule has 2 saturated carbocycles. The van der Waals surface area contributed by atoms with Crippen molar-refractivity contribution in [2.75, 3.05) is 26.7 Å². The Morgan fingerprint density at radius 2 is 1.71 bits per heavy atom. The van der Waals surface area contributed by atoms with E-state index in [1.54, 1.807) is 0 Å². The molecule has 17 heavy (non-hydrogen) atoms. The second-order valence-electron chi connectivity index (χ2n) is 6.61. The predicted octanol–water partition coefficient (Wildman–Crippen LogP) is 3.02. The molecule has 0 bridgehead atoms. The lowest BCUT2D eigenvalue weighted by Gasteiger charge is -2.35. The summed E-state index contributed by atoms with van der Waals surface area (Å²) in [6.45, 7) is 3.43. The van der Waals surface area contributed by atoms with Gasteiger partial charge in [-0.25, -0.2) is 0 Å². The second kappa shape index (κ2) is 6.19. The highest BCUT2D eigenvalue weighted by Gasteiger charge is 2.33. The van der Waals surface area contributed by atoms with Crippen molar-refractivity contribution >= 4 is 0 Å². The summed E-state index contributed by atoms with van der Waals surface area (Å²) in [5.74, 6) is 0.963. The van der Waals surface area contributed by atoms with Crippen LogP contribution < -0.4 is 5.73 Å². The van der Waals surface area contributed by atoms with Crippen molar-refractivity contribution in [1.82, 2.24) is 4.90 Å². The van der Waals surface area contributed by atoms with E-state index in [9.17, 15) is 0 Å². The monoisotopic (exact) mass is 238 g/mol. The third-order valence-electron chi connectivity index (χ3n) is 5.00. The standard InChI is InChI=1S/C15H30N2/c1-17(11-14-7-3-2-4-8-14)13-15(12-16)9-5-6-10-15/h14H,2-13,16H2,1H3. The highest BCUT2D eigenvalue weighted by atomic mass is 15.1. The molecule has 0 aromatic rings. The summed E-state index contributed by atoms with van der Waals surface area (Å²) in [6.07, 6.45) is 12.8. The van der Waals surface area contributed by atoms with Crippen LogP contribution >= 0.6 is 0 Å². The Morgan fingerprint density at radius 3 is 2.29 bits per heavy atom. The highest BCUT2D eigenvalue weighted by Crippen LogP contribution is 2.38. The number of hydrogen-bond acceptors (Lipinski definition) is 2. The second-order valence-corrected chi connectivity index (χ2v) is 6.61. The normalized spacial score (nSPS) is 25.6. The van der Waals surface area contributed by atoms with Crippen LogP contribution in [0.2, 0.25) is 0 Å². The maximum atomic E-state index is 6.02. The van der Waals surface area contributed by atoms with Crippen LogP contribution in [0.1, 0.15) is 57.8 Å². The Balaban J connectivity index is 1.77. The zero-order chi connectivity index (χ0) is 12.1. The molecule has 0 aromatic carbocycles. The molecule has 0 aromatic heterocycles. The molecule has 0 amide bonds. The van der Waals surface area contributed by atoms with Gasteiger partial charge >= 0.3 is 0 Å². The van der Waals surface area contributed by atoms with Gasteiger partial charge in [0.25, 0.3) is 0 Å². The Morgan fingerprint density at radius 1 is 1.06 bits per heavy atom. The topological polar surface area (TPSA) is 29.3 Å². The van der Waals surface area contributed by atoms with Crippen molar-refractivity contribution in [3.8, 4) is 0 Å². The van der Waals surface area contributed by atoms with E-state index >= 15 is 0 Å². The molecule has 2 aliphatic rings. The van der Waals surface area contributed by atoms with Crippen LogP contribution in [0.25, 0.3) is 0 Å². The van der Waals surface area contributed by atoms with E-state index in [-0.39, 0.29) is 0 Å². The van der Waals surface area contributed by atoms with Gasteiger partial charge in [-0.1, -0.05) is 32.1 Å². The molecule has 2 heteroatoms. The molecule has 0 saturated heterocycles. The predicted molar refractivity (Wildman–Crippen MR) is 74.0 cm³/mol. The maximum absolute atomic E-state index is 6.02. The fraction of sp³-hybridized carbons (Fsp3) is 1.00. The van der Waals surface area contributed by atoms with Crippen molar-refractivity contribution in [2.24, 2.45) is 17.1 Å². The highest BCUT2D eigenvalue weighted by molar-refractivity contribution is 4.88. The van der Waals surface area contributed by atoms with Gasteiger partial charge in [0, 0.05) is 13.1 Å². The van der Waals surface area contributed by atoms with Crippen molar-refractivity contribution < 1.29 is 0 Å². The van der Waals surface area contributed by atoms with Gasteiger partial charge in [0.2, 0.25) is 0 Å².